The van der Waals surface area contributed by atoms with Crippen molar-refractivity contribution in [2.75, 3.05) is 0 Å². The minimum atomic E-state index is -0.603. The summed E-state index contributed by atoms with van der Waals surface area (Å²) in [6.45, 7) is 2.31. The number of ether oxygens (including phenoxy) is 1. The first-order chi connectivity index (χ1) is 16.1. The van der Waals surface area contributed by atoms with Crippen LogP contribution in [0.25, 0.3) is 10.9 Å². The molecule has 0 saturated heterocycles. The van der Waals surface area contributed by atoms with E-state index in [9.17, 15) is 9.59 Å². The summed E-state index contributed by atoms with van der Waals surface area (Å²) in [5.41, 5.74) is 1.51. The Balaban J connectivity index is 1.40. The predicted molar refractivity (Wildman–Crippen MR) is 122 cm³/mol. The zero-order chi connectivity index (χ0) is 23.2. The van der Waals surface area contributed by atoms with Crippen molar-refractivity contribution in [3.8, 4) is 0 Å². The summed E-state index contributed by atoms with van der Waals surface area (Å²) in [7, 11) is 1.86. The van der Waals surface area contributed by atoms with Crippen molar-refractivity contribution in [1.82, 2.24) is 35.8 Å². The molecule has 2 heterocycles. The number of unbranched alkanes of at least 4 members (excludes halogenated alkanes) is 1. The van der Waals surface area contributed by atoms with Crippen LogP contribution in [0, 0.1) is 0 Å². The van der Waals surface area contributed by atoms with Crippen LogP contribution in [-0.4, -0.2) is 55.2 Å². The fraction of sp³-hybridized carbons (Fsp3) is 0.522. The maximum absolute atomic E-state index is 13.2. The largest absolute Gasteiger partial charge is 0.368 e. The van der Waals surface area contributed by atoms with Crippen molar-refractivity contribution < 1.29 is 14.3 Å². The van der Waals surface area contributed by atoms with Gasteiger partial charge in [-0.15, -0.1) is 10.2 Å². The summed E-state index contributed by atoms with van der Waals surface area (Å²) >= 11 is 0. The van der Waals surface area contributed by atoms with Crippen molar-refractivity contribution in [3.63, 3.8) is 0 Å². The van der Waals surface area contributed by atoms with E-state index in [0.29, 0.717) is 17.9 Å². The molecule has 0 spiro atoms. The maximum Gasteiger partial charge on any atom is 0.268 e. The van der Waals surface area contributed by atoms with Gasteiger partial charge >= 0.3 is 0 Å². The highest BCUT2D eigenvalue weighted by Gasteiger charge is 2.32. The first-order valence-electron chi connectivity index (χ1n) is 11.6. The van der Waals surface area contributed by atoms with Gasteiger partial charge in [0.25, 0.3) is 5.91 Å². The monoisotopic (exact) mass is 453 g/mol. The maximum atomic E-state index is 13.2. The predicted octanol–water partition coefficient (Wildman–Crippen LogP) is 2.23. The second-order valence-electron chi connectivity index (χ2n) is 8.54. The molecular weight excluding hydrogens is 422 g/mol. The van der Waals surface area contributed by atoms with E-state index in [0.717, 1.165) is 43.0 Å². The highest BCUT2D eigenvalue weighted by molar-refractivity contribution is 6.00. The van der Waals surface area contributed by atoms with Gasteiger partial charge in [-0.25, -0.2) is 0 Å². The molecule has 2 aromatic heterocycles. The molecule has 3 N–H and O–H groups in total. The van der Waals surface area contributed by atoms with Crippen LogP contribution in [0.15, 0.2) is 30.3 Å². The first-order valence-corrected chi connectivity index (χ1v) is 11.6. The number of nitrogens with zero attached hydrogens (tertiary/aromatic N) is 4. The van der Waals surface area contributed by atoms with Crippen LogP contribution in [0.4, 0.5) is 0 Å². The van der Waals surface area contributed by atoms with Crippen LogP contribution in [0.2, 0.25) is 0 Å². The molecule has 1 aliphatic carbocycles. The van der Waals surface area contributed by atoms with Crippen molar-refractivity contribution >= 4 is 22.7 Å². The van der Waals surface area contributed by atoms with Gasteiger partial charge in [0.05, 0.1) is 12.1 Å². The van der Waals surface area contributed by atoms with Gasteiger partial charge in [-0.3, -0.25) is 9.59 Å². The zero-order valence-corrected chi connectivity index (χ0v) is 19.1. The van der Waals surface area contributed by atoms with Gasteiger partial charge in [-0.1, -0.05) is 43.2 Å². The molecule has 3 aromatic rings. The van der Waals surface area contributed by atoms with E-state index in [-0.39, 0.29) is 30.6 Å². The van der Waals surface area contributed by atoms with Gasteiger partial charge in [0.1, 0.15) is 18.3 Å². The third kappa shape index (κ3) is 5.39. The standard InChI is InChI=1S/C23H31N7O3/c1-3-4-9-17(25-23(32)19-13-15-8-5-6-11-18(15)30(19)2)22(31)24-16-10-7-12-20(16)33-14-21-26-28-29-27-21/h5-6,8,11,13,16-17,20H,3-4,7,9-10,12,14H2,1-2H3,(H,24,31)(H,25,32)(H,26,27,28,29)/t16-,17-,20-/m0/s1. The fourth-order valence-corrected chi connectivity index (χ4v) is 4.42. The van der Waals surface area contributed by atoms with E-state index in [1.807, 2.05) is 41.9 Å². The Labute approximate surface area is 192 Å². The van der Waals surface area contributed by atoms with E-state index in [1.165, 1.54) is 0 Å². The lowest BCUT2D eigenvalue weighted by Crippen LogP contribution is -2.51. The molecule has 3 atom stereocenters. The highest BCUT2D eigenvalue weighted by Crippen LogP contribution is 2.23. The Hall–Kier alpha value is -3.27. The van der Waals surface area contributed by atoms with Gasteiger partial charge in [0.2, 0.25) is 5.91 Å². The molecule has 0 unspecified atom stereocenters. The van der Waals surface area contributed by atoms with E-state index in [1.54, 1.807) is 0 Å². The van der Waals surface area contributed by atoms with E-state index >= 15 is 0 Å². The second kappa shape index (κ2) is 10.6. The van der Waals surface area contributed by atoms with E-state index in [2.05, 4.69) is 38.2 Å². The third-order valence-corrected chi connectivity index (χ3v) is 6.25. The van der Waals surface area contributed by atoms with E-state index in [4.69, 9.17) is 4.74 Å². The van der Waals surface area contributed by atoms with Gasteiger partial charge < -0.3 is 19.9 Å². The summed E-state index contributed by atoms with van der Waals surface area (Å²) in [5, 5.41) is 20.8. The molecule has 1 aliphatic rings. The number of fused-ring (bicyclic) bond motifs is 1. The summed E-state index contributed by atoms with van der Waals surface area (Å²) in [4.78, 5) is 26.3. The quantitative estimate of drug-likeness (QED) is 0.432. The zero-order valence-electron chi connectivity index (χ0n) is 19.1. The topological polar surface area (TPSA) is 127 Å². The van der Waals surface area contributed by atoms with Crippen LogP contribution in [0.1, 0.15) is 61.8 Å². The lowest BCUT2D eigenvalue weighted by molar-refractivity contribution is -0.125. The van der Waals surface area contributed by atoms with Crippen LogP contribution in [-0.2, 0) is 23.2 Å². The molecule has 1 fully saturated rings. The molecule has 176 valence electrons. The normalized spacial score (nSPS) is 19.0. The molecule has 1 aromatic carbocycles. The molecule has 1 saturated carbocycles. The molecular formula is C23H31N7O3. The van der Waals surface area contributed by atoms with Crippen LogP contribution in [0.5, 0.6) is 0 Å². The number of carbonyl (C=O) groups excluding carboxylic acids is 2. The lowest BCUT2D eigenvalue weighted by atomic mass is 10.1. The van der Waals surface area contributed by atoms with Crippen LogP contribution < -0.4 is 10.6 Å². The highest BCUT2D eigenvalue weighted by atomic mass is 16.5. The van der Waals surface area contributed by atoms with Crippen molar-refractivity contribution in [2.24, 2.45) is 7.05 Å². The fourth-order valence-electron chi connectivity index (χ4n) is 4.42. The molecule has 10 heteroatoms. The van der Waals surface area contributed by atoms with Crippen molar-refractivity contribution in [1.29, 1.82) is 0 Å². The number of nitrogens with one attached hydrogen (secondary N) is 3. The average Bonchev–Trinajstić information content (AvgIpc) is 3.56. The number of rotatable bonds is 10. The Bertz CT molecular complexity index is 1080. The number of aromatic amines is 1. The molecule has 33 heavy (non-hydrogen) atoms. The van der Waals surface area contributed by atoms with Gasteiger partial charge in [0.15, 0.2) is 5.82 Å². The number of aromatic nitrogens is 5. The average molecular weight is 454 g/mol. The van der Waals surface area contributed by atoms with Gasteiger partial charge in [0, 0.05) is 18.0 Å². The summed E-state index contributed by atoms with van der Waals surface area (Å²) in [6, 6.07) is 8.99. The molecule has 4 rings (SSSR count). The second-order valence-corrected chi connectivity index (χ2v) is 8.54. The Morgan fingerprint density at radius 3 is 2.91 bits per heavy atom. The summed E-state index contributed by atoms with van der Waals surface area (Å²) in [6.07, 6.45) is 4.89. The number of carbonyl (C=O) groups is 2. The Morgan fingerprint density at radius 1 is 1.30 bits per heavy atom. The summed E-state index contributed by atoms with van der Waals surface area (Å²) in [5.74, 6) is 0.0620. The number of hydrogen-bond donors (Lipinski definition) is 3. The number of benzene rings is 1. The first kappa shape index (κ1) is 22.9. The van der Waals surface area contributed by atoms with E-state index < -0.39 is 6.04 Å². The Kier molecular flexibility index (Phi) is 7.33. The minimum absolute atomic E-state index is 0.108. The number of para-hydroxylation sites is 1. The molecule has 2 amide bonds. The molecule has 0 radical (unpaired) electrons. The third-order valence-electron chi connectivity index (χ3n) is 6.25. The number of H-pyrrole nitrogens is 1. The van der Waals surface area contributed by atoms with Crippen LogP contribution >= 0.6 is 0 Å². The van der Waals surface area contributed by atoms with Gasteiger partial charge in [-0.05, 0) is 37.8 Å². The molecule has 10 nitrogen and oxygen atoms in total. The number of hydrogen-bond acceptors (Lipinski definition) is 6. The SMILES string of the molecule is CCCC[C@H](NC(=O)c1cc2ccccc2n1C)C(=O)N[C@H]1CCC[C@@H]1OCc1nn[nH]n1. The Morgan fingerprint density at radius 2 is 2.15 bits per heavy atom. The smallest absolute Gasteiger partial charge is 0.268 e. The van der Waals surface area contributed by atoms with Crippen LogP contribution in [0.3, 0.4) is 0 Å². The lowest BCUT2D eigenvalue weighted by Gasteiger charge is -2.25. The van der Waals surface area contributed by atoms with Gasteiger partial charge in [-0.2, -0.15) is 5.21 Å². The van der Waals surface area contributed by atoms with Crippen molar-refractivity contribution in [2.45, 2.75) is 70.2 Å². The molecule has 0 aliphatic heterocycles. The minimum Gasteiger partial charge on any atom is -0.368 e. The van der Waals surface area contributed by atoms with Crippen molar-refractivity contribution in [3.05, 3.63) is 41.9 Å². The number of tetrazole rings is 1. The number of amides is 2. The number of aryl methyl sites for hydroxylation is 1. The molecule has 0 bridgehead atoms. The summed E-state index contributed by atoms with van der Waals surface area (Å²) < 4.78 is 7.79.